The molecule has 0 saturated carbocycles. The SMILES string of the molecule is CNc1cn2ccnc2c(NCC(C)(C)SC)n1. The predicted molar refractivity (Wildman–Crippen MR) is 78.6 cm³/mol. The van der Waals surface area contributed by atoms with E-state index in [-0.39, 0.29) is 4.75 Å². The minimum Gasteiger partial charge on any atom is -0.372 e. The van der Waals surface area contributed by atoms with Crippen LogP contribution in [-0.4, -0.2) is 39.0 Å². The third-order valence-corrected chi connectivity index (χ3v) is 4.11. The van der Waals surface area contributed by atoms with Gasteiger partial charge in [0.05, 0.1) is 6.20 Å². The Morgan fingerprint density at radius 3 is 2.89 bits per heavy atom. The Morgan fingerprint density at radius 1 is 1.44 bits per heavy atom. The molecule has 6 heteroatoms. The highest BCUT2D eigenvalue weighted by molar-refractivity contribution is 7.99. The predicted octanol–water partition coefficient (Wildman–Crippen LogP) is 2.32. The molecule has 0 radical (unpaired) electrons. The number of imidazole rings is 1. The molecule has 0 atom stereocenters. The van der Waals surface area contributed by atoms with Gasteiger partial charge >= 0.3 is 0 Å². The second kappa shape index (κ2) is 5.06. The van der Waals surface area contributed by atoms with E-state index in [1.165, 1.54) is 0 Å². The van der Waals surface area contributed by atoms with Gasteiger partial charge < -0.3 is 15.0 Å². The van der Waals surface area contributed by atoms with Crippen LogP contribution < -0.4 is 10.6 Å². The molecule has 2 aromatic rings. The van der Waals surface area contributed by atoms with Crippen molar-refractivity contribution in [1.82, 2.24) is 14.4 Å². The van der Waals surface area contributed by atoms with E-state index in [0.717, 1.165) is 23.8 Å². The summed E-state index contributed by atoms with van der Waals surface area (Å²) in [5.41, 5.74) is 0.853. The Morgan fingerprint density at radius 2 is 2.22 bits per heavy atom. The van der Waals surface area contributed by atoms with Crippen LogP contribution in [0.15, 0.2) is 18.6 Å². The van der Waals surface area contributed by atoms with E-state index in [9.17, 15) is 0 Å². The largest absolute Gasteiger partial charge is 0.372 e. The van der Waals surface area contributed by atoms with Gasteiger partial charge in [-0.05, 0) is 20.1 Å². The summed E-state index contributed by atoms with van der Waals surface area (Å²) in [5, 5.41) is 6.44. The van der Waals surface area contributed by atoms with Gasteiger partial charge in [0.2, 0.25) is 0 Å². The highest BCUT2D eigenvalue weighted by Crippen LogP contribution is 2.23. The maximum absolute atomic E-state index is 4.51. The standard InChI is InChI=1S/C12H19N5S/c1-12(2,18-4)8-15-10-11-14-5-6-17(11)7-9(13-3)16-10/h5-7,13H,8H2,1-4H3,(H,15,16). The van der Waals surface area contributed by atoms with Crippen LogP contribution in [0.5, 0.6) is 0 Å². The smallest absolute Gasteiger partial charge is 0.180 e. The number of hydrogen-bond acceptors (Lipinski definition) is 5. The highest BCUT2D eigenvalue weighted by atomic mass is 32.2. The summed E-state index contributed by atoms with van der Waals surface area (Å²) in [6.07, 6.45) is 7.74. The zero-order valence-corrected chi connectivity index (χ0v) is 12.0. The fraction of sp³-hybridized carbons (Fsp3) is 0.500. The van der Waals surface area contributed by atoms with Crippen molar-refractivity contribution in [2.45, 2.75) is 18.6 Å². The minimum absolute atomic E-state index is 0.168. The third-order valence-electron chi connectivity index (χ3n) is 2.86. The number of thioether (sulfide) groups is 1. The quantitative estimate of drug-likeness (QED) is 0.869. The molecule has 5 nitrogen and oxygen atoms in total. The first-order chi connectivity index (χ1) is 8.55. The van der Waals surface area contributed by atoms with E-state index in [0.29, 0.717) is 0 Å². The molecule has 98 valence electrons. The lowest BCUT2D eigenvalue weighted by Gasteiger charge is -2.22. The van der Waals surface area contributed by atoms with Crippen LogP contribution in [0, 0.1) is 0 Å². The summed E-state index contributed by atoms with van der Waals surface area (Å²) < 4.78 is 2.13. The lowest BCUT2D eigenvalue weighted by atomic mass is 10.2. The third kappa shape index (κ3) is 2.69. The maximum Gasteiger partial charge on any atom is 0.180 e. The molecule has 0 aliphatic heterocycles. The maximum atomic E-state index is 4.51. The van der Waals surface area contributed by atoms with Crippen molar-refractivity contribution in [2.24, 2.45) is 0 Å². The Hall–Kier alpha value is -1.43. The zero-order valence-electron chi connectivity index (χ0n) is 11.2. The lowest BCUT2D eigenvalue weighted by molar-refractivity contribution is 0.750. The number of rotatable bonds is 5. The van der Waals surface area contributed by atoms with Crippen molar-refractivity contribution in [2.75, 3.05) is 30.5 Å². The molecule has 0 aromatic carbocycles. The molecule has 2 heterocycles. The molecule has 0 saturated heterocycles. The molecule has 0 aliphatic rings. The summed E-state index contributed by atoms with van der Waals surface area (Å²) in [7, 11) is 1.86. The van der Waals surface area contributed by atoms with Gasteiger partial charge in [0.1, 0.15) is 5.82 Å². The summed E-state index contributed by atoms with van der Waals surface area (Å²) in [4.78, 5) is 8.84. The van der Waals surface area contributed by atoms with Gasteiger partial charge in [0, 0.05) is 30.7 Å². The van der Waals surface area contributed by atoms with Crippen LogP contribution in [0.3, 0.4) is 0 Å². The van der Waals surface area contributed by atoms with Crippen LogP contribution in [0.1, 0.15) is 13.8 Å². The number of hydrogen-bond donors (Lipinski definition) is 2. The first-order valence-electron chi connectivity index (χ1n) is 5.86. The summed E-state index contributed by atoms with van der Waals surface area (Å²) in [6, 6.07) is 0. The molecule has 2 N–H and O–H groups in total. The van der Waals surface area contributed by atoms with Gasteiger partial charge in [0.25, 0.3) is 0 Å². The molecular weight excluding hydrogens is 246 g/mol. The van der Waals surface area contributed by atoms with Crippen molar-refractivity contribution in [3.8, 4) is 0 Å². The molecule has 0 bridgehead atoms. The van der Waals surface area contributed by atoms with Crippen molar-refractivity contribution in [3.05, 3.63) is 18.6 Å². The molecule has 18 heavy (non-hydrogen) atoms. The number of aromatic nitrogens is 3. The average Bonchev–Trinajstić information content (AvgIpc) is 2.84. The fourth-order valence-corrected chi connectivity index (χ4v) is 1.76. The fourth-order valence-electron chi connectivity index (χ4n) is 1.54. The zero-order chi connectivity index (χ0) is 13.2. The van der Waals surface area contributed by atoms with Crippen molar-refractivity contribution in [1.29, 1.82) is 0 Å². The summed E-state index contributed by atoms with van der Waals surface area (Å²) in [6.45, 7) is 5.25. The number of nitrogens with zero attached hydrogens (tertiary/aromatic N) is 3. The van der Waals surface area contributed by atoms with E-state index >= 15 is 0 Å². The molecule has 0 fully saturated rings. The molecule has 2 rings (SSSR count). The van der Waals surface area contributed by atoms with Crippen molar-refractivity contribution >= 4 is 29.0 Å². The Balaban J connectivity index is 2.28. The van der Waals surface area contributed by atoms with E-state index < -0.39 is 0 Å². The molecule has 0 aliphatic carbocycles. The molecule has 2 aromatic heterocycles. The Labute approximate surface area is 111 Å². The number of nitrogens with one attached hydrogen (secondary N) is 2. The van der Waals surface area contributed by atoms with Gasteiger partial charge in [-0.3, -0.25) is 0 Å². The van der Waals surface area contributed by atoms with E-state index in [4.69, 9.17) is 0 Å². The molecule has 0 amide bonds. The lowest BCUT2D eigenvalue weighted by Crippen LogP contribution is -2.26. The van der Waals surface area contributed by atoms with Crippen LogP contribution in [0.25, 0.3) is 5.65 Å². The summed E-state index contributed by atoms with van der Waals surface area (Å²) >= 11 is 1.83. The van der Waals surface area contributed by atoms with E-state index in [2.05, 4.69) is 40.7 Å². The van der Waals surface area contributed by atoms with Gasteiger partial charge in [-0.2, -0.15) is 11.8 Å². The number of fused-ring (bicyclic) bond motifs is 1. The monoisotopic (exact) mass is 265 g/mol. The Bertz CT molecular complexity index is 534. The number of anilines is 2. The van der Waals surface area contributed by atoms with Crippen LogP contribution in [0.2, 0.25) is 0 Å². The van der Waals surface area contributed by atoms with E-state index in [1.807, 2.05) is 35.6 Å². The molecule has 0 spiro atoms. The van der Waals surface area contributed by atoms with Crippen molar-refractivity contribution in [3.63, 3.8) is 0 Å². The normalized spacial score (nSPS) is 11.8. The van der Waals surface area contributed by atoms with Crippen LogP contribution >= 0.6 is 11.8 Å². The Kier molecular flexibility index (Phi) is 3.65. The van der Waals surface area contributed by atoms with E-state index in [1.54, 1.807) is 6.20 Å². The van der Waals surface area contributed by atoms with Crippen molar-refractivity contribution < 1.29 is 0 Å². The van der Waals surface area contributed by atoms with Crippen LogP contribution in [0.4, 0.5) is 11.6 Å². The summed E-state index contributed by atoms with van der Waals surface area (Å²) in [5.74, 6) is 1.64. The van der Waals surface area contributed by atoms with Crippen LogP contribution in [-0.2, 0) is 0 Å². The molecule has 0 unspecified atom stereocenters. The van der Waals surface area contributed by atoms with Gasteiger partial charge in [-0.15, -0.1) is 0 Å². The van der Waals surface area contributed by atoms with Gasteiger partial charge in [-0.25, -0.2) is 9.97 Å². The second-order valence-corrected chi connectivity index (χ2v) is 6.21. The van der Waals surface area contributed by atoms with Gasteiger partial charge in [-0.1, -0.05) is 0 Å². The first-order valence-corrected chi connectivity index (χ1v) is 7.09. The van der Waals surface area contributed by atoms with Gasteiger partial charge in [0.15, 0.2) is 11.5 Å². The first kappa shape index (κ1) is 13.0. The average molecular weight is 265 g/mol. The second-order valence-electron chi connectivity index (χ2n) is 4.70. The molecular formula is C12H19N5S. The topological polar surface area (TPSA) is 54.2 Å². The highest BCUT2D eigenvalue weighted by Gasteiger charge is 2.17. The minimum atomic E-state index is 0.168.